The Kier molecular flexibility index (Phi) is 3.94. The molecule has 2 N–H and O–H groups in total. The molecule has 0 fully saturated rings. The number of hydrogen-bond donors (Lipinski definition) is 1. The molecule has 106 valence electrons. The van der Waals surface area contributed by atoms with Gasteiger partial charge in [0.1, 0.15) is 5.75 Å². The highest BCUT2D eigenvalue weighted by Crippen LogP contribution is 2.37. The first kappa shape index (κ1) is 14.3. The minimum absolute atomic E-state index is 0.0801. The zero-order valence-electron chi connectivity index (χ0n) is 10.7. The molecule has 0 spiro atoms. The van der Waals surface area contributed by atoms with Crippen LogP contribution in [0.1, 0.15) is 24.1 Å². The molecule has 1 atom stereocenters. The van der Waals surface area contributed by atoms with Crippen LogP contribution in [-0.4, -0.2) is 4.98 Å². The summed E-state index contributed by atoms with van der Waals surface area (Å²) in [6.45, 7) is 1.77. The fourth-order valence-electron chi connectivity index (χ4n) is 1.67. The molecule has 3 nitrogen and oxygen atoms in total. The molecule has 0 unspecified atom stereocenters. The van der Waals surface area contributed by atoms with Crippen LogP contribution in [0.5, 0.6) is 11.6 Å². The largest absolute Gasteiger partial charge is 0.438 e. The summed E-state index contributed by atoms with van der Waals surface area (Å²) in [6.07, 6.45) is -3.03. The zero-order chi connectivity index (χ0) is 14.8. The molecule has 2 aromatic rings. The van der Waals surface area contributed by atoms with Gasteiger partial charge in [0.15, 0.2) is 0 Å². The van der Waals surface area contributed by atoms with Crippen LogP contribution in [0.2, 0.25) is 0 Å². The molecule has 0 aliphatic carbocycles. The number of nitrogens with two attached hydrogens (primary N) is 1. The SMILES string of the molecule is C[C@@H](N)c1ccnc(Oc2ccccc2C(F)(F)F)c1. The molecule has 0 aliphatic heterocycles. The van der Waals surface area contributed by atoms with Gasteiger partial charge in [0.25, 0.3) is 0 Å². The normalized spacial score (nSPS) is 13.1. The zero-order valence-corrected chi connectivity index (χ0v) is 10.7. The molecule has 0 saturated heterocycles. The number of hydrogen-bond acceptors (Lipinski definition) is 3. The molecule has 1 aromatic heterocycles. The Labute approximate surface area is 114 Å². The van der Waals surface area contributed by atoms with Crippen molar-refractivity contribution in [3.8, 4) is 11.6 Å². The monoisotopic (exact) mass is 282 g/mol. The van der Waals surface area contributed by atoms with Crippen LogP contribution in [0, 0.1) is 0 Å². The number of rotatable bonds is 3. The van der Waals surface area contributed by atoms with E-state index in [0.717, 1.165) is 11.6 Å². The number of ether oxygens (including phenoxy) is 1. The number of alkyl halides is 3. The van der Waals surface area contributed by atoms with Crippen molar-refractivity contribution in [3.63, 3.8) is 0 Å². The molecule has 6 heteroatoms. The first-order chi connectivity index (χ1) is 9.38. The maximum absolute atomic E-state index is 12.8. The Morgan fingerprint density at radius 1 is 1.20 bits per heavy atom. The van der Waals surface area contributed by atoms with E-state index < -0.39 is 11.7 Å². The van der Waals surface area contributed by atoms with Gasteiger partial charge in [-0.2, -0.15) is 13.2 Å². The Morgan fingerprint density at radius 3 is 2.55 bits per heavy atom. The molecule has 0 amide bonds. The first-order valence-corrected chi connectivity index (χ1v) is 5.93. The highest BCUT2D eigenvalue weighted by molar-refractivity contribution is 5.38. The van der Waals surface area contributed by atoms with Crippen LogP contribution in [-0.2, 0) is 6.18 Å². The molecule has 20 heavy (non-hydrogen) atoms. The molecule has 0 aliphatic rings. The second-order valence-electron chi connectivity index (χ2n) is 4.31. The Balaban J connectivity index is 2.33. The van der Waals surface area contributed by atoms with Crippen LogP contribution in [0.15, 0.2) is 42.6 Å². The predicted octanol–water partition coefficient (Wildman–Crippen LogP) is 3.91. The third kappa shape index (κ3) is 3.27. The second-order valence-corrected chi connectivity index (χ2v) is 4.31. The lowest BCUT2D eigenvalue weighted by Gasteiger charge is -2.13. The van der Waals surface area contributed by atoms with Crippen LogP contribution in [0.25, 0.3) is 0 Å². The Morgan fingerprint density at radius 2 is 1.90 bits per heavy atom. The minimum atomic E-state index is -4.48. The van der Waals surface area contributed by atoms with Crippen molar-refractivity contribution in [2.75, 3.05) is 0 Å². The third-order valence-corrected chi connectivity index (χ3v) is 2.69. The summed E-state index contributed by atoms with van der Waals surface area (Å²) >= 11 is 0. The van der Waals surface area contributed by atoms with Crippen molar-refractivity contribution in [2.24, 2.45) is 5.73 Å². The molecule has 1 aromatic carbocycles. The van der Waals surface area contributed by atoms with Gasteiger partial charge < -0.3 is 10.5 Å². The molecular weight excluding hydrogens is 269 g/mol. The molecule has 0 saturated carbocycles. The van der Waals surface area contributed by atoms with Gasteiger partial charge in [-0.25, -0.2) is 4.98 Å². The standard InChI is InChI=1S/C14H13F3N2O/c1-9(18)10-6-7-19-13(8-10)20-12-5-3-2-4-11(12)14(15,16)17/h2-9H,18H2,1H3/t9-/m1/s1. The maximum atomic E-state index is 12.8. The predicted molar refractivity (Wildman–Crippen MR) is 68.4 cm³/mol. The van der Waals surface area contributed by atoms with Crippen LogP contribution in [0.4, 0.5) is 13.2 Å². The highest BCUT2D eigenvalue weighted by atomic mass is 19.4. The minimum Gasteiger partial charge on any atom is -0.438 e. The van der Waals surface area contributed by atoms with Crippen molar-refractivity contribution >= 4 is 0 Å². The number of aromatic nitrogens is 1. The van der Waals surface area contributed by atoms with Gasteiger partial charge in [-0.3, -0.25) is 0 Å². The fourth-order valence-corrected chi connectivity index (χ4v) is 1.67. The fraction of sp³-hybridized carbons (Fsp3) is 0.214. The summed E-state index contributed by atoms with van der Waals surface area (Å²) in [6, 6.07) is 7.96. The average molecular weight is 282 g/mol. The van der Waals surface area contributed by atoms with Crippen molar-refractivity contribution < 1.29 is 17.9 Å². The number of nitrogens with zero attached hydrogens (tertiary/aromatic N) is 1. The maximum Gasteiger partial charge on any atom is 0.419 e. The topological polar surface area (TPSA) is 48.1 Å². The summed E-state index contributed by atoms with van der Waals surface area (Å²) in [5, 5.41) is 0. The van der Waals surface area contributed by atoms with Gasteiger partial charge in [0.05, 0.1) is 5.56 Å². The van der Waals surface area contributed by atoms with Gasteiger partial charge >= 0.3 is 6.18 Å². The molecule has 0 radical (unpaired) electrons. The van der Waals surface area contributed by atoms with E-state index in [1.165, 1.54) is 30.5 Å². The summed E-state index contributed by atoms with van der Waals surface area (Å²) in [4.78, 5) is 3.90. The van der Waals surface area contributed by atoms with Gasteiger partial charge in [0.2, 0.25) is 5.88 Å². The lowest BCUT2D eigenvalue weighted by molar-refractivity contribution is -0.138. The molecular formula is C14H13F3N2O. The van der Waals surface area contributed by atoms with Crippen LogP contribution >= 0.6 is 0 Å². The summed E-state index contributed by atoms with van der Waals surface area (Å²) in [7, 11) is 0. The summed E-state index contributed by atoms with van der Waals surface area (Å²) < 4.78 is 43.8. The average Bonchev–Trinajstić information content (AvgIpc) is 2.38. The van der Waals surface area contributed by atoms with E-state index in [1.807, 2.05) is 0 Å². The number of para-hydroxylation sites is 1. The van der Waals surface area contributed by atoms with E-state index >= 15 is 0 Å². The van der Waals surface area contributed by atoms with Crippen molar-refractivity contribution in [3.05, 3.63) is 53.7 Å². The number of pyridine rings is 1. The van der Waals surface area contributed by atoms with E-state index in [1.54, 1.807) is 13.0 Å². The van der Waals surface area contributed by atoms with E-state index in [0.29, 0.717) is 0 Å². The van der Waals surface area contributed by atoms with Gasteiger partial charge in [-0.05, 0) is 30.7 Å². The Hall–Kier alpha value is -2.08. The van der Waals surface area contributed by atoms with Crippen molar-refractivity contribution in [2.45, 2.75) is 19.1 Å². The summed E-state index contributed by atoms with van der Waals surface area (Å²) in [5.74, 6) is -0.203. The molecule has 2 rings (SSSR count). The van der Waals surface area contributed by atoms with Crippen molar-refractivity contribution in [1.82, 2.24) is 4.98 Å². The lowest BCUT2D eigenvalue weighted by Crippen LogP contribution is -2.08. The smallest absolute Gasteiger partial charge is 0.419 e. The number of halogens is 3. The quantitative estimate of drug-likeness (QED) is 0.928. The first-order valence-electron chi connectivity index (χ1n) is 5.93. The van der Waals surface area contributed by atoms with Crippen LogP contribution < -0.4 is 10.5 Å². The van der Waals surface area contributed by atoms with Gasteiger partial charge in [-0.1, -0.05) is 12.1 Å². The highest BCUT2D eigenvalue weighted by Gasteiger charge is 2.34. The number of benzene rings is 1. The van der Waals surface area contributed by atoms with Crippen LogP contribution in [0.3, 0.4) is 0 Å². The molecule has 1 heterocycles. The lowest BCUT2D eigenvalue weighted by atomic mass is 10.1. The van der Waals surface area contributed by atoms with E-state index in [2.05, 4.69) is 4.98 Å². The van der Waals surface area contributed by atoms with Gasteiger partial charge in [-0.15, -0.1) is 0 Å². The van der Waals surface area contributed by atoms with E-state index in [9.17, 15) is 13.2 Å². The van der Waals surface area contributed by atoms with E-state index in [-0.39, 0.29) is 17.7 Å². The van der Waals surface area contributed by atoms with Crippen molar-refractivity contribution in [1.29, 1.82) is 0 Å². The van der Waals surface area contributed by atoms with Gasteiger partial charge in [0, 0.05) is 18.3 Å². The molecule has 0 bridgehead atoms. The summed E-state index contributed by atoms with van der Waals surface area (Å²) in [5.41, 5.74) is 5.61. The second kappa shape index (κ2) is 5.50. The Bertz CT molecular complexity index is 597. The van der Waals surface area contributed by atoms with E-state index in [4.69, 9.17) is 10.5 Å². The third-order valence-electron chi connectivity index (χ3n) is 2.69.